The predicted molar refractivity (Wildman–Crippen MR) is 106 cm³/mol. The molecule has 32 heavy (non-hydrogen) atoms. The Kier molecular flexibility index (Phi) is 5.76. The Balaban J connectivity index is 1.79. The van der Waals surface area contributed by atoms with E-state index in [2.05, 4.69) is 0 Å². The zero-order chi connectivity index (χ0) is 23.3. The van der Waals surface area contributed by atoms with Crippen molar-refractivity contribution in [3.8, 4) is 11.5 Å². The van der Waals surface area contributed by atoms with E-state index >= 15 is 0 Å². The molecule has 0 saturated carbocycles. The molecule has 2 aromatic carbocycles. The van der Waals surface area contributed by atoms with Gasteiger partial charge in [-0.05, 0) is 42.3 Å². The first-order valence-corrected chi connectivity index (χ1v) is 9.85. The molecule has 0 aromatic heterocycles. The van der Waals surface area contributed by atoms with Crippen LogP contribution in [0.3, 0.4) is 0 Å². The molecule has 5 atom stereocenters. The first kappa shape index (κ1) is 22.3. The number of rotatable bonds is 4. The van der Waals surface area contributed by atoms with Crippen molar-refractivity contribution in [2.45, 2.75) is 44.2 Å². The van der Waals surface area contributed by atoms with Crippen molar-refractivity contribution in [1.29, 1.82) is 0 Å². The van der Waals surface area contributed by atoms with Crippen LogP contribution in [0.2, 0.25) is 0 Å². The minimum Gasteiger partial charge on any atom is -0.507 e. The predicted octanol–water partition coefficient (Wildman–Crippen LogP) is -0.853. The zero-order valence-electron chi connectivity index (χ0n) is 16.9. The van der Waals surface area contributed by atoms with E-state index in [1.807, 2.05) is 0 Å². The molecule has 10 heteroatoms. The number of fused-ring (bicyclic) bond motifs is 2. The number of hydrogen-bond acceptors (Lipinski definition) is 10. The van der Waals surface area contributed by atoms with Crippen molar-refractivity contribution in [2.75, 3.05) is 6.61 Å². The lowest BCUT2D eigenvalue weighted by Crippen LogP contribution is -2.60. The number of hydrogen-bond donors (Lipinski definition) is 6. The summed E-state index contributed by atoms with van der Waals surface area (Å²) < 4.78 is 11.0. The fraction of sp³-hybridized carbons (Fsp3) is 0.364. The van der Waals surface area contributed by atoms with Gasteiger partial charge in [-0.25, -0.2) is 0 Å². The van der Waals surface area contributed by atoms with Gasteiger partial charge in [-0.2, -0.15) is 0 Å². The van der Waals surface area contributed by atoms with E-state index in [1.165, 1.54) is 24.3 Å². The van der Waals surface area contributed by atoms with Crippen LogP contribution in [-0.2, 0) is 11.3 Å². The summed E-state index contributed by atoms with van der Waals surface area (Å²) in [6.07, 6.45) is -7.78. The second-order valence-electron chi connectivity index (χ2n) is 7.85. The highest BCUT2D eigenvalue weighted by atomic mass is 16.7. The fourth-order valence-corrected chi connectivity index (χ4v) is 4.01. The van der Waals surface area contributed by atoms with Crippen LogP contribution in [0.4, 0.5) is 0 Å². The summed E-state index contributed by atoms with van der Waals surface area (Å²) in [5, 5.41) is 59.3. The first-order chi connectivity index (χ1) is 15.2. The zero-order valence-corrected chi connectivity index (χ0v) is 16.9. The van der Waals surface area contributed by atoms with Gasteiger partial charge >= 0.3 is 0 Å². The first-order valence-electron chi connectivity index (χ1n) is 9.85. The third-order valence-corrected chi connectivity index (χ3v) is 5.64. The third-order valence-electron chi connectivity index (χ3n) is 5.64. The van der Waals surface area contributed by atoms with E-state index in [0.29, 0.717) is 5.56 Å². The Labute approximate surface area is 181 Å². The molecule has 2 aromatic rings. The SMILES string of the molecule is Cc1cc(OC2OC(CO)C(O)C(O)C2O)c2c(c1)C(=O)c1cc(CO)cc(O)c1C2=O. The summed E-state index contributed by atoms with van der Waals surface area (Å²) in [4.78, 5) is 26.4. The summed E-state index contributed by atoms with van der Waals surface area (Å²) in [5.41, 5.74) is 0.318. The Morgan fingerprint density at radius 1 is 0.906 bits per heavy atom. The van der Waals surface area contributed by atoms with Gasteiger partial charge in [-0.3, -0.25) is 9.59 Å². The second-order valence-corrected chi connectivity index (χ2v) is 7.85. The summed E-state index contributed by atoms with van der Waals surface area (Å²) in [7, 11) is 0. The van der Waals surface area contributed by atoms with Crippen LogP contribution >= 0.6 is 0 Å². The van der Waals surface area contributed by atoms with E-state index in [-0.39, 0.29) is 33.6 Å². The number of ether oxygens (including phenoxy) is 2. The van der Waals surface area contributed by atoms with E-state index < -0.39 is 61.2 Å². The van der Waals surface area contributed by atoms with Crippen molar-refractivity contribution in [2.24, 2.45) is 0 Å². The van der Waals surface area contributed by atoms with Gasteiger partial charge in [0.25, 0.3) is 0 Å². The number of benzene rings is 2. The summed E-state index contributed by atoms with van der Waals surface area (Å²) in [6.45, 7) is 0.548. The van der Waals surface area contributed by atoms with Crippen molar-refractivity contribution < 1.29 is 49.7 Å². The molecule has 10 nitrogen and oxygen atoms in total. The highest BCUT2D eigenvalue weighted by Gasteiger charge is 2.45. The number of aliphatic hydroxyl groups is 5. The number of phenols is 1. The average molecular weight is 446 g/mol. The smallest absolute Gasteiger partial charge is 0.229 e. The number of phenolic OH excluding ortho intramolecular Hbond substituents is 1. The number of carbonyl (C=O) groups excluding carboxylic acids is 2. The lowest BCUT2D eigenvalue weighted by molar-refractivity contribution is -0.277. The van der Waals surface area contributed by atoms with Crippen LogP contribution in [0, 0.1) is 6.92 Å². The molecule has 1 fully saturated rings. The Bertz CT molecular complexity index is 1090. The van der Waals surface area contributed by atoms with Crippen LogP contribution in [0.25, 0.3) is 0 Å². The Morgan fingerprint density at radius 2 is 1.59 bits per heavy atom. The van der Waals surface area contributed by atoms with Gasteiger partial charge in [-0.15, -0.1) is 0 Å². The summed E-state index contributed by atoms with van der Waals surface area (Å²) in [5.74, 6) is -1.90. The standard InChI is InChI=1S/C22H22O10/c1-8-2-10-16(19(28)15-11(17(10)26)4-9(6-23)5-12(15)25)13(3-8)31-22-21(30)20(29)18(27)14(7-24)32-22/h2-5,14,18,20-25,27,29-30H,6-7H2,1H3. The number of aliphatic hydroxyl groups excluding tert-OH is 5. The van der Waals surface area contributed by atoms with Crippen LogP contribution in [-0.4, -0.2) is 79.5 Å². The van der Waals surface area contributed by atoms with Crippen LogP contribution in [0.1, 0.15) is 43.0 Å². The fourth-order valence-electron chi connectivity index (χ4n) is 4.01. The number of aryl methyl sites for hydroxylation is 1. The molecular weight excluding hydrogens is 424 g/mol. The molecule has 1 heterocycles. The van der Waals surface area contributed by atoms with Crippen molar-refractivity contribution >= 4 is 11.6 Å². The van der Waals surface area contributed by atoms with E-state index in [4.69, 9.17) is 9.47 Å². The molecule has 0 bridgehead atoms. The largest absolute Gasteiger partial charge is 0.507 e. The lowest BCUT2D eigenvalue weighted by Gasteiger charge is -2.39. The minimum absolute atomic E-state index is 0.00317. The highest BCUT2D eigenvalue weighted by molar-refractivity contribution is 6.30. The minimum atomic E-state index is -1.72. The lowest BCUT2D eigenvalue weighted by atomic mass is 9.81. The molecule has 170 valence electrons. The monoisotopic (exact) mass is 446 g/mol. The van der Waals surface area contributed by atoms with Gasteiger partial charge in [0.05, 0.1) is 24.3 Å². The van der Waals surface area contributed by atoms with Gasteiger partial charge in [0.2, 0.25) is 12.1 Å². The van der Waals surface area contributed by atoms with Crippen LogP contribution in [0.5, 0.6) is 11.5 Å². The maximum atomic E-state index is 13.3. The molecule has 0 spiro atoms. The summed E-state index contributed by atoms with van der Waals surface area (Å²) >= 11 is 0. The second kappa shape index (κ2) is 8.24. The van der Waals surface area contributed by atoms with Crippen molar-refractivity contribution in [1.82, 2.24) is 0 Å². The molecule has 5 unspecified atom stereocenters. The van der Waals surface area contributed by atoms with Gasteiger partial charge in [0.15, 0.2) is 5.78 Å². The molecule has 1 saturated heterocycles. The van der Waals surface area contributed by atoms with Crippen LogP contribution in [0.15, 0.2) is 24.3 Å². The normalized spacial score (nSPS) is 27.1. The molecule has 6 N–H and O–H groups in total. The molecule has 1 aliphatic heterocycles. The van der Waals surface area contributed by atoms with Gasteiger partial charge in [0.1, 0.15) is 35.9 Å². The van der Waals surface area contributed by atoms with Crippen LogP contribution < -0.4 is 4.74 Å². The highest BCUT2D eigenvalue weighted by Crippen LogP contribution is 2.39. The van der Waals surface area contributed by atoms with E-state index in [1.54, 1.807) is 6.92 Å². The molecule has 2 aliphatic rings. The Morgan fingerprint density at radius 3 is 2.25 bits per heavy atom. The molecular formula is C22H22O10. The maximum Gasteiger partial charge on any atom is 0.229 e. The average Bonchev–Trinajstić information content (AvgIpc) is 2.76. The maximum absolute atomic E-state index is 13.3. The van der Waals surface area contributed by atoms with Gasteiger partial charge < -0.3 is 40.1 Å². The number of ketones is 2. The molecule has 1 aliphatic carbocycles. The topological polar surface area (TPSA) is 174 Å². The van der Waals surface area contributed by atoms with E-state index in [9.17, 15) is 40.2 Å². The number of carbonyl (C=O) groups is 2. The molecule has 0 amide bonds. The van der Waals surface area contributed by atoms with Crippen molar-refractivity contribution in [3.63, 3.8) is 0 Å². The number of aromatic hydroxyl groups is 1. The summed E-state index contributed by atoms with van der Waals surface area (Å²) in [6, 6.07) is 5.41. The quantitative estimate of drug-likeness (QED) is 0.296. The third kappa shape index (κ3) is 3.47. The molecule has 4 rings (SSSR count). The van der Waals surface area contributed by atoms with Gasteiger partial charge in [0, 0.05) is 11.1 Å². The molecule has 0 radical (unpaired) electrons. The van der Waals surface area contributed by atoms with E-state index in [0.717, 1.165) is 0 Å². The van der Waals surface area contributed by atoms with Crippen molar-refractivity contribution in [3.05, 3.63) is 57.6 Å². The van der Waals surface area contributed by atoms with Gasteiger partial charge in [-0.1, -0.05) is 0 Å². The Hall–Kier alpha value is -2.86.